The fraction of sp³-hybridized carbons (Fsp3) is 0.500. The second-order valence-corrected chi connectivity index (χ2v) is 5.68. The van der Waals surface area contributed by atoms with Crippen molar-refractivity contribution in [2.24, 2.45) is 5.41 Å². The largest absolute Gasteiger partial charge is 0.481 e. The van der Waals surface area contributed by atoms with Crippen molar-refractivity contribution < 1.29 is 9.90 Å². The molecule has 1 aromatic rings. The van der Waals surface area contributed by atoms with E-state index < -0.39 is 11.4 Å². The van der Waals surface area contributed by atoms with Crippen LogP contribution in [0, 0.1) is 5.41 Å². The van der Waals surface area contributed by atoms with Crippen LogP contribution >= 0.6 is 0 Å². The molecule has 0 heterocycles. The van der Waals surface area contributed by atoms with Crippen LogP contribution in [0.1, 0.15) is 25.8 Å². The molecule has 3 heteroatoms. The number of carboxylic acid groups (broad SMARTS) is 1. The monoisotopic (exact) mass is 233 g/mol. The SMILES string of the molecule is CN(C)c1ccccc1C1(C(=O)O)CC1(C)C. The quantitative estimate of drug-likeness (QED) is 0.872. The van der Waals surface area contributed by atoms with Gasteiger partial charge >= 0.3 is 5.97 Å². The first kappa shape index (κ1) is 12.0. The number of aliphatic carboxylic acids is 1. The zero-order valence-electron chi connectivity index (χ0n) is 10.8. The third kappa shape index (κ3) is 1.53. The Morgan fingerprint density at radius 1 is 1.29 bits per heavy atom. The molecule has 0 aliphatic heterocycles. The summed E-state index contributed by atoms with van der Waals surface area (Å²) >= 11 is 0. The molecule has 1 aliphatic rings. The summed E-state index contributed by atoms with van der Waals surface area (Å²) in [5, 5.41) is 9.58. The molecule has 92 valence electrons. The summed E-state index contributed by atoms with van der Waals surface area (Å²) in [7, 11) is 3.90. The maximum absolute atomic E-state index is 11.7. The third-order valence-electron chi connectivity index (χ3n) is 3.95. The zero-order chi connectivity index (χ0) is 12.8. The van der Waals surface area contributed by atoms with Crippen molar-refractivity contribution in [3.05, 3.63) is 29.8 Å². The number of carboxylic acids is 1. The summed E-state index contributed by atoms with van der Waals surface area (Å²) in [4.78, 5) is 13.6. The van der Waals surface area contributed by atoms with E-state index in [4.69, 9.17) is 0 Å². The van der Waals surface area contributed by atoms with E-state index in [1.54, 1.807) is 0 Å². The fourth-order valence-electron chi connectivity index (χ4n) is 2.78. The van der Waals surface area contributed by atoms with Gasteiger partial charge in [-0.2, -0.15) is 0 Å². The first-order valence-corrected chi connectivity index (χ1v) is 5.83. The minimum absolute atomic E-state index is 0.162. The van der Waals surface area contributed by atoms with Gasteiger partial charge in [0.25, 0.3) is 0 Å². The van der Waals surface area contributed by atoms with E-state index in [1.165, 1.54) is 0 Å². The van der Waals surface area contributed by atoms with Crippen molar-refractivity contribution in [1.82, 2.24) is 0 Å². The van der Waals surface area contributed by atoms with Gasteiger partial charge in [-0.3, -0.25) is 4.79 Å². The Balaban J connectivity index is 2.58. The Bertz CT molecular complexity index is 465. The van der Waals surface area contributed by atoms with Gasteiger partial charge < -0.3 is 10.0 Å². The number of hydrogen-bond acceptors (Lipinski definition) is 2. The van der Waals surface area contributed by atoms with Crippen LogP contribution in [0.2, 0.25) is 0 Å². The minimum atomic E-state index is -0.714. The molecule has 3 nitrogen and oxygen atoms in total. The lowest BCUT2D eigenvalue weighted by molar-refractivity contribution is -0.141. The number of para-hydroxylation sites is 1. The van der Waals surface area contributed by atoms with Gasteiger partial charge in [0.2, 0.25) is 0 Å². The molecule has 2 rings (SSSR count). The highest BCUT2D eigenvalue weighted by Crippen LogP contribution is 2.65. The van der Waals surface area contributed by atoms with E-state index in [-0.39, 0.29) is 5.41 Å². The second kappa shape index (κ2) is 3.49. The lowest BCUT2D eigenvalue weighted by Gasteiger charge is -2.23. The van der Waals surface area contributed by atoms with Crippen LogP contribution < -0.4 is 4.90 Å². The summed E-state index contributed by atoms with van der Waals surface area (Å²) in [6.45, 7) is 4.04. The van der Waals surface area contributed by atoms with Gasteiger partial charge in [-0.15, -0.1) is 0 Å². The molecule has 1 fully saturated rings. The van der Waals surface area contributed by atoms with Crippen LogP contribution in [0.5, 0.6) is 0 Å². The van der Waals surface area contributed by atoms with E-state index in [0.29, 0.717) is 6.42 Å². The number of rotatable bonds is 3. The predicted molar refractivity (Wildman–Crippen MR) is 68.5 cm³/mol. The Hall–Kier alpha value is -1.51. The third-order valence-corrected chi connectivity index (χ3v) is 3.95. The van der Waals surface area contributed by atoms with Crippen molar-refractivity contribution in [3.8, 4) is 0 Å². The lowest BCUT2D eigenvalue weighted by Crippen LogP contribution is -2.28. The van der Waals surface area contributed by atoms with Gasteiger partial charge in [-0.05, 0) is 23.5 Å². The number of anilines is 1. The maximum Gasteiger partial charge on any atom is 0.314 e. The van der Waals surface area contributed by atoms with Crippen LogP contribution in [0.25, 0.3) is 0 Å². The Labute approximate surface area is 102 Å². The summed E-state index contributed by atoms with van der Waals surface area (Å²) in [6.07, 6.45) is 0.709. The molecule has 0 aromatic heterocycles. The molecule has 1 N–H and O–H groups in total. The van der Waals surface area contributed by atoms with Gasteiger partial charge in [-0.25, -0.2) is 0 Å². The lowest BCUT2D eigenvalue weighted by atomic mass is 9.86. The standard InChI is InChI=1S/C14H19NO2/c1-13(2)9-14(13,12(16)17)10-7-5-6-8-11(10)15(3)4/h5-8H,9H2,1-4H3,(H,16,17). The molecule has 0 saturated heterocycles. The average Bonchev–Trinajstić information content (AvgIpc) is 2.83. The number of nitrogens with zero attached hydrogens (tertiary/aromatic N) is 1. The zero-order valence-corrected chi connectivity index (χ0v) is 10.8. The molecular formula is C14H19NO2. The van der Waals surface area contributed by atoms with Gasteiger partial charge in [0.15, 0.2) is 0 Å². The Kier molecular flexibility index (Phi) is 2.45. The maximum atomic E-state index is 11.7. The summed E-state index contributed by atoms with van der Waals surface area (Å²) < 4.78 is 0. The highest BCUT2D eigenvalue weighted by Gasteiger charge is 2.68. The normalized spacial score (nSPS) is 25.4. The molecule has 1 unspecified atom stereocenters. The first-order chi connectivity index (χ1) is 7.83. The van der Waals surface area contributed by atoms with Crippen molar-refractivity contribution >= 4 is 11.7 Å². The molecule has 0 spiro atoms. The van der Waals surface area contributed by atoms with Crippen LogP contribution in [0.4, 0.5) is 5.69 Å². The molecule has 0 amide bonds. The van der Waals surface area contributed by atoms with E-state index in [2.05, 4.69) is 0 Å². The topological polar surface area (TPSA) is 40.5 Å². The van der Waals surface area contributed by atoms with E-state index >= 15 is 0 Å². The van der Waals surface area contributed by atoms with Crippen LogP contribution in [0.15, 0.2) is 24.3 Å². The van der Waals surface area contributed by atoms with E-state index in [0.717, 1.165) is 11.3 Å². The Morgan fingerprint density at radius 2 is 1.82 bits per heavy atom. The summed E-state index contributed by atoms with van der Waals surface area (Å²) in [5.41, 5.74) is 1.06. The smallest absolute Gasteiger partial charge is 0.314 e. The molecule has 1 saturated carbocycles. The van der Waals surface area contributed by atoms with Crippen molar-refractivity contribution in [2.75, 3.05) is 19.0 Å². The molecule has 1 aromatic carbocycles. The molecule has 0 bridgehead atoms. The highest BCUT2D eigenvalue weighted by molar-refractivity contribution is 5.89. The fourth-order valence-corrected chi connectivity index (χ4v) is 2.78. The van der Waals surface area contributed by atoms with Crippen molar-refractivity contribution in [2.45, 2.75) is 25.7 Å². The predicted octanol–water partition coefficient (Wildman–Crippen LogP) is 2.50. The molecule has 17 heavy (non-hydrogen) atoms. The van der Waals surface area contributed by atoms with Gasteiger partial charge in [0.05, 0.1) is 0 Å². The van der Waals surface area contributed by atoms with Crippen LogP contribution in [-0.2, 0) is 10.2 Å². The van der Waals surface area contributed by atoms with Crippen LogP contribution in [0.3, 0.4) is 0 Å². The Morgan fingerprint density at radius 3 is 2.24 bits per heavy atom. The molecular weight excluding hydrogens is 214 g/mol. The number of hydrogen-bond donors (Lipinski definition) is 1. The average molecular weight is 233 g/mol. The van der Waals surface area contributed by atoms with E-state index in [9.17, 15) is 9.90 Å². The van der Waals surface area contributed by atoms with Gasteiger partial charge in [0.1, 0.15) is 5.41 Å². The van der Waals surface area contributed by atoms with Crippen molar-refractivity contribution in [3.63, 3.8) is 0 Å². The van der Waals surface area contributed by atoms with E-state index in [1.807, 2.05) is 57.1 Å². The number of benzene rings is 1. The molecule has 1 atom stereocenters. The second-order valence-electron chi connectivity index (χ2n) is 5.68. The number of carbonyl (C=O) groups is 1. The first-order valence-electron chi connectivity index (χ1n) is 5.83. The minimum Gasteiger partial charge on any atom is -0.481 e. The van der Waals surface area contributed by atoms with Crippen molar-refractivity contribution in [1.29, 1.82) is 0 Å². The molecule has 1 aliphatic carbocycles. The van der Waals surface area contributed by atoms with Gasteiger partial charge in [-0.1, -0.05) is 32.0 Å². The van der Waals surface area contributed by atoms with Crippen LogP contribution in [-0.4, -0.2) is 25.2 Å². The summed E-state index contributed by atoms with van der Waals surface area (Å²) in [6, 6.07) is 7.79. The highest BCUT2D eigenvalue weighted by atomic mass is 16.4. The molecule has 0 radical (unpaired) electrons. The summed E-state index contributed by atoms with van der Waals surface area (Å²) in [5.74, 6) is -0.711. The van der Waals surface area contributed by atoms with Gasteiger partial charge in [0, 0.05) is 19.8 Å².